The van der Waals surface area contributed by atoms with Gasteiger partial charge in [-0.15, -0.1) is 0 Å². The lowest BCUT2D eigenvalue weighted by Crippen LogP contribution is -2.24. The van der Waals surface area contributed by atoms with Crippen LogP contribution in [0.25, 0.3) is 0 Å². The minimum Gasteiger partial charge on any atom is -0.482 e. The van der Waals surface area contributed by atoms with Crippen LogP contribution in [0.1, 0.15) is 5.56 Å². The monoisotopic (exact) mass is 362 g/mol. The highest BCUT2D eigenvalue weighted by atomic mass is 35.5. The molecule has 0 aliphatic heterocycles. The van der Waals surface area contributed by atoms with E-state index in [4.69, 9.17) is 39.5 Å². The Labute approximate surface area is 140 Å². The van der Waals surface area contributed by atoms with Gasteiger partial charge in [0.2, 0.25) is 0 Å². The van der Waals surface area contributed by atoms with E-state index in [1.807, 2.05) is 16.8 Å². The second-order valence-corrected chi connectivity index (χ2v) is 5.84. The van der Waals surface area contributed by atoms with Gasteiger partial charge in [0.1, 0.15) is 10.8 Å². The van der Waals surface area contributed by atoms with Crippen molar-refractivity contribution in [2.24, 2.45) is 5.10 Å². The number of ether oxygens (including phenoxy) is 1. The van der Waals surface area contributed by atoms with Crippen molar-refractivity contribution in [1.82, 2.24) is 5.43 Å². The van der Waals surface area contributed by atoms with Gasteiger partial charge in [-0.25, -0.2) is 5.43 Å². The smallest absolute Gasteiger partial charge is 0.277 e. The minimum absolute atomic E-state index is 0.204. The second-order valence-electron chi connectivity index (χ2n) is 3.84. The van der Waals surface area contributed by atoms with Gasteiger partial charge in [-0.2, -0.15) is 16.4 Å². The van der Waals surface area contributed by atoms with E-state index < -0.39 is 5.91 Å². The molecule has 0 spiro atoms. The quantitative estimate of drug-likeness (QED) is 0.491. The Kier molecular flexibility index (Phi) is 5.87. The molecule has 1 heterocycles. The zero-order valence-corrected chi connectivity index (χ0v) is 13.6. The number of carbonyl (C=O) groups is 1. The molecule has 2 rings (SSSR count). The van der Waals surface area contributed by atoms with Gasteiger partial charge < -0.3 is 4.74 Å². The Morgan fingerprint density at radius 1 is 1.38 bits per heavy atom. The molecule has 0 fully saturated rings. The van der Waals surface area contributed by atoms with Crippen LogP contribution < -0.4 is 10.2 Å². The standard InChI is InChI=1S/C13H9Cl3N2O2S/c14-9-3-10(15)13(16)11(4-9)20-6-12(19)18-17-5-8-1-2-21-7-8/h1-5,7H,6H2,(H,18,19)/b17-5-. The SMILES string of the molecule is O=C(COc1cc(Cl)cc(Cl)c1Cl)N/N=C\c1ccsc1. The number of nitrogens with zero attached hydrogens (tertiary/aromatic N) is 1. The van der Waals surface area contributed by atoms with E-state index >= 15 is 0 Å². The molecule has 0 aliphatic rings. The summed E-state index contributed by atoms with van der Waals surface area (Å²) in [5, 5.41) is 8.45. The predicted molar refractivity (Wildman–Crippen MR) is 87.0 cm³/mol. The molecule has 2 aromatic rings. The summed E-state index contributed by atoms with van der Waals surface area (Å²) < 4.78 is 5.26. The third kappa shape index (κ3) is 4.89. The number of rotatable bonds is 5. The van der Waals surface area contributed by atoms with Crippen LogP contribution in [0.4, 0.5) is 0 Å². The Bertz CT molecular complexity index is 660. The van der Waals surface area contributed by atoms with Crippen molar-refractivity contribution < 1.29 is 9.53 Å². The van der Waals surface area contributed by atoms with Crippen LogP contribution in [-0.4, -0.2) is 18.7 Å². The first-order valence-corrected chi connectivity index (χ1v) is 7.75. The molecule has 1 aromatic heterocycles. The third-order valence-electron chi connectivity index (χ3n) is 2.26. The maximum Gasteiger partial charge on any atom is 0.277 e. The van der Waals surface area contributed by atoms with Crippen LogP contribution in [-0.2, 0) is 4.79 Å². The molecule has 1 aromatic carbocycles. The van der Waals surface area contributed by atoms with E-state index in [2.05, 4.69) is 10.5 Å². The van der Waals surface area contributed by atoms with Crippen molar-refractivity contribution in [3.63, 3.8) is 0 Å². The maximum atomic E-state index is 11.6. The van der Waals surface area contributed by atoms with Crippen LogP contribution in [0.15, 0.2) is 34.1 Å². The van der Waals surface area contributed by atoms with Gasteiger partial charge in [0.25, 0.3) is 5.91 Å². The molecule has 110 valence electrons. The lowest BCUT2D eigenvalue weighted by Gasteiger charge is -2.08. The van der Waals surface area contributed by atoms with Crippen molar-refractivity contribution in [3.8, 4) is 5.75 Å². The molecular weight excluding hydrogens is 355 g/mol. The van der Waals surface area contributed by atoms with Crippen LogP contribution in [0.3, 0.4) is 0 Å². The number of amides is 1. The van der Waals surface area contributed by atoms with Crippen molar-refractivity contribution in [1.29, 1.82) is 0 Å². The molecule has 0 saturated heterocycles. The van der Waals surface area contributed by atoms with Crippen molar-refractivity contribution in [2.75, 3.05) is 6.61 Å². The average Bonchev–Trinajstić information content (AvgIpc) is 2.94. The summed E-state index contributed by atoms with van der Waals surface area (Å²) in [5.74, 6) is -0.181. The van der Waals surface area contributed by atoms with E-state index in [0.29, 0.717) is 5.02 Å². The summed E-state index contributed by atoms with van der Waals surface area (Å²) >= 11 is 19.2. The highest BCUT2D eigenvalue weighted by Crippen LogP contribution is 2.35. The molecule has 1 amide bonds. The number of halogens is 3. The van der Waals surface area contributed by atoms with Crippen LogP contribution in [0.5, 0.6) is 5.75 Å². The zero-order valence-electron chi connectivity index (χ0n) is 10.5. The lowest BCUT2D eigenvalue weighted by molar-refractivity contribution is -0.123. The van der Waals surface area contributed by atoms with E-state index in [0.717, 1.165) is 5.56 Å². The molecule has 0 unspecified atom stereocenters. The fourth-order valence-corrected chi connectivity index (χ4v) is 2.59. The third-order valence-corrected chi connectivity index (χ3v) is 3.97. The Hall–Kier alpha value is -1.27. The van der Waals surface area contributed by atoms with Gasteiger partial charge in [-0.05, 0) is 22.9 Å². The molecule has 4 nitrogen and oxygen atoms in total. The molecule has 0 radical (unpaired) electrons. The lowest BCUT2D eigenvalue weighted by atomic mass is 10.3. The number of carbonyl (C=O) groups excluding carboxylic acids is 1. The fourth-order valence-electron chi connectivity index (χ4n) is 1.34. The van der Waals surface area contributed by atoms with Crippen molar-refractivity contribution >= 4 is 58.3 Å². The number of hydrogen-bond acceptors (Lipinski definition) is 4. The van der Waals surface area contributed by atoms with Crippen molar-refractivity contribution in [3.05, 3.63) is 49.6 Å². The summed E-state index contributed by atoms with van der Waals surface area (Å²) in [7, 11) is 0. The average molecular weight is 364 g/mol. The Morgan fingerprint density at radius 2 is 2.19 bits per heavy atom. The van der Waals surface area contributed by atoms with E-state index in [1.54, 1.807) is 11.3 Å². The van der Waals surface area contributed by atoms with Gasteiger partial charge in [-0.1, -0.05) is 34.8 Å². The molecule has 0 bridgehead atoms. The minimum atomic E-state index is -0.423. The topological polar surface area (TPSA) is 50.7 Å². The number of thiophene rings is 1. The first-order chi connectivity index (χ1) is 10.1. The van der Waals surface area contributed by atoms with Gasteiger partial charge in [-0.3, -0.25) is 4.79 Å². The first kappa shape index (κ1) is 16.1. The fraction of sp³-hybridized carbons (Fsp3) is 0.0769. The highest BCUT2D eigenvalue weighted by Gasteiger charge is 2.10. The largest absolute Gasteiger partial charge is 0.482 e. The molecule has 8 heteroatoms. The Morgan fingerprint density at radius 3 is 2.90 bits per heavy atom. The summed E-state index contributed by atoms with van der Waals surface area (Å²) in [6.07, 6.45) is 1.54. The number of nitrogens with one attached hydrogen (secondary N) is 1. The van der Waals surface area contributed by atoms with Gasteiger partial charge >= 0.3 is 0 Å². The summed E-state index contributed by atoms with van der Waals surface area (Å²) in [4.78, 5) is 11.6. The van der Waals surface area contributed by atoms with Crippen LogP contribution in [0.2, 0.25) is 15.1 Å². The van der Waals surface area contributed by atoms with Crippen LogP contribution in [0, 0.1) is 0 Å². The van der Waals surface area contributed by atoms with E-state index in [9.17, 15) is 4.79 Å². The van der Waals surface area contributed by atoms with Gasteiger partial charge in [0, 0.05) is 16.7 Å². The maximum absolute atomic E-state index is 11.6. The number of hydrazone groups is 1. The van der Waals surface area contributed by atoms with E-state index in [1.165, 1.54) is 18.3 Å². The normalized spacial score (nSPS) is 10.8. The summed E-state index contributed by atoms with van der Waals surface area (Å²) in [5.41, 5.74) is 3.25. The molecule has 0 saturated carbocycles. The first-order valence-electron chi connectivity index (χ1n) is 5.67. The number of hydrogen-bond donors (Lipinski definition) is 1. The summed E-state index contributed by atoms with van der Waals surface area (Å²) in [6.45, 7) is -0.253. The van der Waals surface area contributed by atoms with Gasteiger partial charge in [0.15, 0.2) is 6.61 Å². The molecule has 0 aliphatic carbocycles. The number of benzene rings is 1. The molecular formula is C13H9Cl3N2O2S. The predicted octanol–water partition coefficient (Wildman–Crippen LogP) is 4.24. The molecule has 1 N–H and O–H groups in total. The molecule has 21 heavy (non-hydrogen) atoms. The molecule has 0 atom stereocenters. The Balaban J connectivity index is 1.87. The second kappa shape index (κ2) is 7.66. The van der Waals surface area contributed by atoms with E-state index in [-0.39, 0.29) is 22.4 Å². The zero-order chi connectivity index (χ0) is 15.2. The van der Waals surface area contributed by atoms with Gasteiger partial charge in [0.05, 0.1) is 11.2 Å². The van der Waals surface area contributed by atoms with Crippen LogP contribution >= 0.6 is 46.1 Å². The summed E-state index contributed by atoms with van der Waals surface area (Å²) in [6, 6.07) is 4.85. The highest BCUT2D eigenvalue weighted by molar-refractivity contribution is 7.08. The van der Waals surface area contributed by atoms with Crippen molar-refractivity contribution in [2.45, 2.75) is 0 Å².